The number of ether oxygens (including phenoxy) is 2. The predicted molar refractivity (Wildman–Crippen MR) is 259 cm³/mol. The lowest BCUT2D eigenvalue weighted by Crippen LogP contribution is -2.40. The van der Waals surface area contributed by atoms with Crippen LogP contribution in [-0.4, -0.2) is 107 Å². The molecule has 3 aromatic carbocycles. The Bertz CT molecular complexity index is 1920. The molecular weight excluding hydrogens is 809 g/mol. The molecule has 5 N–H and O–H groups in total. The molecule has 3 atom stereocenters. The number of benzene rings is 3. The molecule has 0 aliphatic heterocycles. The number of nitrogens with zero attached hydrogens (tertiary/aromatic N) is 3. The van der Waals surface area contributed by atoms with E-state index in [4.69, 9.17) is 14.3 Å². The molecule has 5 rings (SSSR count). The number of hydrogen-bond acceptors (Lipinski definition) is 11. The minimum Gasteiger partial charge on any atom is -0.471 e. The van der Waals surface area contributed by atoms with E-state index in [2.05, 4.69) is 115 Å². The topological polar surface area (TPSA) is 179 Å². The Balaban J connectivity index is 0.00000164. The molecule has 2 unspecified atom stereocenters. The van der Waals surface area contributed by atoms with Crippen molar-refractivity contribution in [2.24, 2.45) is 10.9 Å². The van der Waals surface area contributed by atoms with Gasteiger partial charge in [-0.2, -0.15) is 0 Å². The molecule has 2 amide bonds. The smallest absolute Gasteiger partial charge is 0.407 e. The van der Waals surface area contributed by atoms with Gasteiger partial charge < -0.3 is 45.4 Å². The first-order valence-electron chi connectivity index (χ1n) is 22.2. The first-order chi connectivity index (χ1) is 31.3. The highest BCUT2D eigenvalue weighted by atomic mass is 16.5. The summed E-state index contributed by atoms with van der Waals surface area (Å²) in [6.45, 7) is 13.6. The summed E-state index contributed by atoms with van der Waals surface area (Å²) in [6.07, 6.45) is 12.9. The van der Waals surface area contributed by atoms with Gasteiger partial charge in [-0.15, -0.1) is 0 Å². The van der Waals surface area contributed by atoms with Gasteiger partial charge in [0.05, 0.1) is 31.8 Å². The maximum absolute atomic E-state index is 12.9. The zero-order valence-electron chi connectivity index (χ0n) is 38.9. The number of imidazole rings is 1. The summed E-state index contributed by atoms with van der Waals surface area (Å²) >= 11 is 0. The molecule has 1 fully saturated rings. The lowest BCUT2D eigenvalue weighted by molar-refractivity contribution is -0.126. The second-order valence-corrected chi connectivity index (χ2v) is 15.0. The van der Waals surface area contributed by atoms with Gasteiger partial charge in [-0.25, -0.2) is 9.78 Å². The van der Waals surface area contributed by atoms with Crippen LogP contribution < -0.4 is 21.3 Å². The molecular formula is C50H72N8O6. The monoisotopic (exact) mass is 881 g/mol. The number of unbranched alkanes of at least 4 members (excludes halogenated alkanes) is 3. The minimum absolute atomic E-state index is 0.272. The van der Waals surface area contributed by atoms with Gasteiger partial charge in [0.15, 0.2) is 0 Å². The van der Waals surface area contributed by atoms with E-state index in [1.165, 1.54) is 46.4 Å². The predicted octanol–water partition coefficient (Wildman–Crippen LogP) is 7.99. The van der Waals surface area contributed by atoms with E-state index in [1.807, 2.05) is 45.0 Å². The quantitative estimate of drug-likeness (QED) is 0.0279. The van der Waals surface area contributed by atoms with Crippen molar-refractivity contribution in [2.75, 3.05) is 54.5 Å². The summed E-state index contributed by atoms with van der Waals surface area (Å²) in [5.41, 5.74) is 7.08. The van der Waals surface area contributed by atoms with Crippen molar-refractivity contribution in [3.05, 3.63) is 108 Å². The number of rotatable bonds is 23. The van der Waals surface area contributed by atoms with E-state index in [0.717, 1.165) is 90.6 Å². The lowest BCUT2D eigenvalue weighted by atomic mass is 10.0. The number of amides is 2. The van der Waals surface area contributed by atoms with Crippen LogP contribution in [0.25, 0.3) is 28.1 Å². The van der Waals surface area contributed by atoms with E-state index in [-0.39, 0.29) is 5.91 Å². The molecule has 1 saturated carbocycles. The fourth-order valence-electron chi connectivity index (χ4n) is 7.52. The lowest BCUT2D eigenvalue weighted by Gasteiger charge is -2.25. The molecule has 1 aliphatic carbocycles. The van der Waals surface area contributed by atoms with E-state index < -0.39 is 12.1 Å². The molecule has 0 bridgehead atoms. The fraction of sp³-hybridized carbons (Fsp3) is 0.440. The fourth-order valence-corrected chi connectivity index (χ4v) is 7.52. The highest BCUT2D eigenvalue weighted by Crippen LogP contribution is 2.27. The molecule has 348 valence electrons. The van der Waals surface area contributed by atoms with Gasteiger partial charge in [-0.1, -0.05) is 99.1 Å². The van der Waals surface area contributed by atoms with Crippen molar-refractivity contribution in [1.29, 1.82) is 0 Å². The Morgan fingerprint density at radius 3 is 2.12 bits per heavy atom. The molecule has 64 heavy (non-hydrogen) atoms. The summed E-state index contributed by atoms with van der Waals surface area (Å²) in [5, 5.41) is 12.5. The maximum atomic E-state index is 12.9. The van der Waals surface area contributed by atoms with Gasteiger partial charge in [-0.05, 0) is 106 Å². The number of carbonyl (C=O) groups excluding carboxylic acids is 4. The van der Waals surface area contributed by atoms with Crippen LogP contribution in [0.15, 0.2) is 96.3 Å². The van der Waals surface area contributed by atoms with Crippen molar-refractivity contribution >= 4 is 37.7 Å². The second-order valence-electron chi connectivity index (χ2n) is 15.0. The molecule has 14 heteroatoms. The number of nitrogens with one attached hydrogen (secondary N) is 5. The number of aromatic amines is 1. The van der Waals surface area contributed by atoms with Crippen LogP contribution >= 0.6 is 0 Å². The number of alkyl carbamates (subject to hydrolysis) is 1. The first-order valence-corrected chi connectivity index (χ1v) is 22.2. The van der Waals surface area contributed by atoms with Gasteiger partial charge in [0, 0.05) is 38.3 Å². The van der Waals surface area contributed by atoms with Crippen molar-refractivity contribution < 1.29 is 28.7 Å². The second kappa shape index (κ2) is 32.5. The zero-order chi connectivity index (χ0) is 47.0. The van der Waals surface area contributed by atoms with Crippen LogP contribution in [0.2, 0.25) is 0 Å². The molecule has 1 aromatic heterocycles. The summed E-state index contributed by atoms with van der Waals surface area (Å²) in [4.78, 5) is 56.4. The van der Waals surface area contributed by atoms with E-state index in [9.17, 15) is 9.59 Å². The molecule has 14 nitrogen and oxygen atoms in total. The van der Waals surface area contributed by atoms with Crippen molar-refractivity contribution in [1.82, 2.24) is 36.1 Å². The summed E-state index contributed by atoms with van der Waals surface area (Å²) in [6, 6.07) is 26.0. The normalized spacial score (nSPS) is 14.5. The van der Waals surface area contributed by atoms with Gasteiger partial charge >= 0.3 is 6.09 Å². The SMILES string of the molecule is C=N/C=C(\NCCCCCNC(=O)C(NC(=O)OC)c1ccccc1)c1ccc(-c2ccc(-c3cnc(CCCCN(C)C[C@@H]4CCCC4NC)[nH]3)cc2)cc1.C=O.CC.COC=O. The number of aromatic nitrogens is 2. The number of carbonyl (C=O) groups is 4. The van der Waals surface area contributed by atoms with E-state index in [0.29, 0.717) is 24.6 Å². The average molecular weight is 881 g/mol. The highest BCUT2D eigenvalue weighted by Gasteiger charge is 2.26. The summed E-state index contributed by atoms with van der Waals surface area (Å²) in [7, 11) is 6.95. The minimum atomic E-state index is -0.818. The van der Waals surface area contributed by atoms with Crippen LogP contribution in [0, 0.1) is 5.92 Å². The van der Waals surface area contributed by atoms with Gasteiger partial charge in [0.2, 0.25) is 5.91 Å². The number of aryl methyl sites for hydroxylation is 1. The molecule has 0 saturated heterocycles. The largest absolute Gasteiger partial charge is 0.471 e. The molecule has 0 radical (unpaired) electrons. The van der Waals surface area contributed by atoms with E-state index >= 15 is 0 Å². The number of methoxy groups -OCH3 is 2. The van der Waals surface area contributed by atoms with Crippen molar-refractivity contribution in [3.8, 4) is 22.4 Å². The summed E-state index contributed by atoms with van der Waals surface area (Å²) < 4.78 is 8.57. The van der Waals surface area contributed by atoms with Crippen LogP contribution in [-0.2, 0) is 30.3 Å². The van der Waals surface area contributed by atoms with E-state index in [1.54, 1.807) is 18.3 Å². The van der Waals surface area contributed by atoms with Gasteiger partial charge in [-0.3, -0.25) is 14.6 Å². The zero-order valence-corrected chi connectivity index (χ0v) is 38.9. The number of aliphatic imine (C=N–C) groups is 1. The van der Waals surface area contributed by atoms with Crippen LogP contribution in [0.5, 0.6) is 0 Å². The molecule has 4 aromatic rings. The average Bonchev–Trinajstić information content (AvgIpc) is 4.02. The van der Waals surface area contributed by atoms with Crippen molar-refractivity contribution in [2.45, 2.75) is 83.7 Å². The van der Waals surface area contributed by atoms with Gasteiger partial charge in [0.1, 0.15) is 18.7 Å². The standard InChI is InChI=1S/C45H60N8O3.C2H4O2.C2H6.CH2O/c1-46-30-40(48-27-10-6-11-28-49-44(54)43(52-45(55)56-4)37-14-7-5-8-15-37)35-23-19-33(20-24-35)34-21-25-36(26-22-34)41-31-50-42(51-41)18-9-12-29-53(3)32-38-16-13-17-39(38)47-2;1-4-2-3;2*1-2/h5,7-8,14-15,19-26,30-31,38-39,43,47-48H,1,6,9-13,16-18,27-29,32H2,2-4H3,(H,49,54)(H,50,51)(H,52,55);2H,1H3;1-2H3;1H2/b40-30-;;;/t38-,39?,43?;;;/m0.../s1. The Morgan fingerprint density at radius 2 is 1.52 bits per heavy atom. The van der Waals surface area contributed by atoms with Crippen LogP contribution in [0.3, 0.4) is 0 Å². The third-order valence-corrected chi connectivity index (χ3v) is 10.8. The number of H-pyrrole nitrogens is 1. The molecule has 1 aliphatic rings. The Morgan fingerprint density at radius 1 is 0.891 bits per heavy atom. The summed E-state index contributed by atoms with van der Waals surface area (Å²) in [5.74, 6) is 1.55. The van der Waals surface area contributed by atoms with Gasteiger partial charge in [0.25, 0.3) is 6.47 Å². The van der Waals surface area contributed by atoms with Crippen LogP contribution in [0.1, 0.15) is 88.2 Å². The highest BCUT2D eigenvalue weighted by molar-refractivity contribution is 5.86. The molecule has 0 spiro atoms. The Hall–Kier alpha value is -6.12. The van der Waals surface area contributed by atoms with Crippen molar-refractivity contribution in [3.63, 3.8) is 0 Å². The maximum Gasteiger partial charge on any atom is 0.407 e. The Kier molecular flexibility index (Phi) is 27.5. The third kappa shape index (κ3) is 19.1. The first kappa shape index (κ1) is 54.0. The molecule has 1 heterocycles. The number of hydrogen-bond donors (Lipinski definition) is 5. The third-order valence-electron chi connectivity index (χ3n) is 10.8. The van der Waals surface area contributed by atoms with Crippen LogP contribution in [0.4, 0.5) is 4.79 Å². The Labute approximate surface area is 381 Å².